The van der Waals surface area contributed by atoms with Crippen molar-refractivity contribution in [2.45, 2.75) is 19.3 Å². The molecule has 94 valence electrons. The van der Waals surface area contributed by atoms with Gasteiger partial charge in [0.15, 0.2) is 0 Å². The van der Waals surface area contributed by atoms with E-state index in [0.717, 1.165) is 12.8 Å². The molecule has 0 spiro atoms. The molecule has 0 bridgehead atoms. The van der Waals surface area contributed by atoms with Gasteiger partial charge in [0.25, 0.3) is 0 Å². The van der Waals surface area contributed by atoms with Crippen LogP contribution in [-0.2, 0) is 4.79 Å². The summed E-state index contributed by atoms with van der Waals surface area (Å²) in [7, 11) is 1.57. The number of nitrogens with one attached hydrogen (secondary N) is 1. The number of amides is 1. The molecule has 0 saturated heterocycles. The van der Waals surface area contributed by atoms with Crippen molar-refractivity contribution in [3.8, 4) is 5.75 Å². The van der Waals surface area contributed by atoms with E-state index in [-0.39, 0.29) is 5.91 Å². The van der Waals surface area contributed by atoms with E-state index in [1.807, 2.05) is 0 Å². The molecule has 0 radical (unpaired) electrons. The van der Waals surface area contributed by atoms with Crippen molar-refractivity contribution >= 4 is 23.2 Å². The number of benzene rings is 1. The van der Waals surface area contributed by atoms with Gasteiger partial charge in [-0.15, -0.1) is 0 Å². The highest BCUT2D eigenvalue weighted by atomic mass is 35.5. The van der Waals surface area contributed by atoms with E-state index in [1.54, 1.807) is 25.3 Å². The van der Waals surface area contributed by atoms with Gasteiger partial charge in [-0.3, -0.25) is 4.79 Å². The lowest BCUT2D eigenvalue weighted by Gasteiger charge is -2.08. The average molecular weight is 257 g/mol. The first-order valence-electron chi connectivity index (χ1n) is 5.51. The van der Waals surface area contributed by atoms with Crippen LogP contribution < -0.4 is 15.8 Å². The first-order valence-corrected chi connectivity index (χ1v) is 5.88. The first kappa shape index (κ1) is 13.8. The van der Waals surface area contributed by atoms with Crippen LogP contribution in [0.3, 0.4) is 0 Å². The second-order valence-electron chi connectivity index (χ2n) is 3.64. The van der Waals surface area contributed by atoms with Crippen molar-refractivity contribution in [2.24, 2.45) is 5.73 Å². The van der Waals surface area contributed by atoms with E-state index in [2.05, 4.69) is 5.32 Å². The second-order valence-corrected chi connectivity index (χ2v) is 4.05. The molecule has 0 fully saturated rings. The molecule has 0 aliphatic rings. The number of hydrogen-bond acceptors (Lipinski definition) is 3. The summed E-state index contributed by atoms with van der Waals surface area (Å²) in [5, 5.41) is 3.25. The number of ether oxygens (including phenoxy) is 1. The van der Waals surface area contributed by atoms with Gasteiger partial charge in [-0.1, -0.05) is 11.6 Å². The fraction of sp³-hybridized carbons (Fsp3) is 0.417. The van der Waals surface area contributed by atoms with E-state index >= 15 is 0 Å². The molecule has 1 aromatic carbocycles. The van der Waals surface area contributed by atoms with Crippen molar-refractivity contribution in [3.05, 3.63) is 23.2 Å². The monoisotopic (exact) mass is 256 g/mol. The molecule has 0 aliphatic carbocycles. The fourth-order valence-corrected chi connectivity index (χ4v) is 1.53. The van der Waals surface area contributed by atoms with Gasteiger partial charge in [0.05, 0.1) is 17.8 Å². The van der Waals surface area contributed by atoms with E-state index < -0.39 is 0 Å². The molecule has 17 heavy (non-hydrogen) atoms. The number of nitrogens with two attached hydrogens (primary N) is 1. The zero-order chi connectivity index (χ0) is 12.7. The zero-order valence-corrected chi connectivity index (χ0v) is 10.6. The van der Waals surface area contributed by atoms with Crippen LogP contribution in [0.25, 0.3) is 0 Å². The predicted molar refractivity (Wildman–Crippen MR) is 69.5 cm³/mol. The molecule has 0 atom stereocenters. The highest BCUT2D eigenvalue weighted by Crippen LogP contribution is 2.26. The Balaban J connectivity index is 2.57. The highest BCUT2D eigenvalue weighted by molar-refractivity contribution is 6.33. The van der Waals surface area contributed by atoms with Gasteiger partial charge < -0.3 is 15.8 Å². The summed E-state index contributed by atoms with van der Waals surface area (Å²) in [4.78, 5) is 11.6. The number of methoxy groups -OCH3 is 1. The van der Waals surface area contributed by atoms with Gasteiger partial charge in [0.1, 0.15) is 5.75 Å². The van der Waals surface area contributed by atoms with E-state index in [1.165, 1.54) is 0 Å². The molecule has 0 aromatic heterocycles. The molecule has 3 N–H and O–H groups in total. The number of rotatable bonds is 6. The minimum absolute atomic E-state index is 0.0615. The zero-order valence-electron chi connectivity index (χ0n) is 9.83. The molecule has 1 rings (SSSR count). The lowest BCUT2D eigenvalue weighted by Crippen LogP contribution is -2.12. The summed E-state index contributed by atoms with van der Waals surface area (Å²) in [6.07, 6.45) is 2.08. The number of carbonyl (C=O) groups is 1. The summed E-state index contributed by atoms with van der Waals surface area (Å²) in [5.74, 6) is 0.597. The average Bonchev–Trinajstić information content (AvgIpc) is 2.32. The van der Waals surface area contributed by atoms with Crippen LogP contribution in [0.5, 0.6) is 5.75 Å². The SMILES string of the molecule is COc1ccc(Cl)c(NC(=O)CCCCN)c1. The minimum Gasteiger partial charge on any atom is -0.497 e. The molecular weight excluding hydrogens is 240 g/mol. The number of carbonyl (C=O) groups excluding carboxylic acids is 1. The number of hydrogen-bond donors (Lipinski definition) is 2. The van der Waals surface area contributed by atoms with Crippen molar-refractivity contribution in [3.63, 3.8) is 0 Å². The van der Waals surface area contributed by atoms with Crippen molar-refractivity contribution in [1.82, 2.24) is 0 Å². The van der Waals surface area contributed by atoms with Gasteiger partial charge in [-0.05, 0) is 31.5 Å². The molecule has 1 amide bonds. The van der Waals surface area contributed by atoms with Crippen LogP contribution in [0.4, 0.5) is 5.69 Å². The Morgan fingerprint density at radius 2 is 2.24 bits per heavy atom. The maximum atomic E-state index is 11.6. The van der Waals surface area contributed by atoms with Crippen LogP contribution in [0.2, 0.25) is 5.02 Å². The standard InChI is InChI=1S/C12H17ClN2O2/c1-17-9-5-6-10(13)11(8-9)15-12(16)4-2-3-7-14/h5-6,8H,2-4,7,14H2,1H3,(H,15,16). The molecule has 0 heterocycles. The Bertz CT molecular complexity index is 383. The Kier molecular flexibility index (Phi) is 5.80. The van der Waals surface area contributed by atoms with Crippen molar-refractivity contribution in [2.75, 3.05) is 19.0 Å². The maximum absolute atomic E-state index is 11.6. The lowest BCUT2D eigenvalue weighted by atomic mass is 10.2. The third-order valence-corrected chi connectivity index (χ3v) is 2.64. The van der Waals surface area contributed by atoms with Crippen LogP contribution in [-0.4, -0.2) is 19.6 Å². The molecule has 0 unspecified atom stereocenters. The third-order valence-electron chi connectivity index (χ3n) is 2.31. The van der Waals surface area contributed by atoms with Gasteiger partial charge >= 0.3 is 0 Å². The van der Waals surface area contributed by atoms with Crippen LogP contribution in [0, 0.1) is 0 Å². The quantitative estimate of drug-likeness (QED) is 0.769. The van der Waals surface area contributed by atoms with Crippen LogP contribution in [0.15, 0.2) is 18.2 Å². The molecule has 5 heteroatoms. The van der Waals surface area contributed by atoms with E-state index in [4.69, 9.17) is 22.1 Å². The largest absolute Gasteiger partial charge is 0.497 e. The topological polar surface area (TPSA) is 64.3 Å². The first-order chi connectivity index (χ1) is 8.17. The van der Waals surface area contributed by atoms with Gasteiger partial charge in [-0.2, -0.15) is 0 Å². The molecule has 0 aliphatic heterocycles. The smallest absolute Gasteiger partial charge is 0.224 e. The van der Waals surface area contributed by atoms with Gasteiger partial charge in [0, 0.05) is 12.5 Å². The number of anilines is 1. The number of halogens is 1. The Morgan fingerprint density at radius 1 is 1.47 bits per heavy atom. The summed E-state index contributed by atoms with van der Waals surface area (Å²) in [5.41, 5.74) is 5.93. The summed E-state index contributed by atoms with van der Waals surface area (Å²) < 4.78 is 5.06. The van der Waals surface area contributed by atoms with E-state index in [9.17, 15) is 4.79 Å². The number of unbranched alkanes of at least 4 members (excludes halogenated alkanes) is 1. The third kappa shape index (κ3) is 4.63. The van der Waals surface area contributed by atoms with Gasteiger partial charge in [0.2, 0.25) is 5.91 Å². The van der Waals surface area contributed by atoms with Crippen molar-refractivity contribution < 1.29 is 9.53 Å². The molecule has 4 nitrogen and oxygen atoms in total. The van der Waals surface area contributed by atoms with Crippen LogP contribution >= 0.6 is 11.6 Å². The summed E-state index contributed by atoms with van der Waals surface area (Å²) in [6, 6.07) is 5.13. The normalized spacial score (nSPS) is 10.1. The fourth-order valence-electron chi connectivity index (χ4n) is 1.37. The highest BCUT2D eigenvalue weighted by Gasteiger charge is 2.06. The van der Waals surface area contributed by atoms with Crippen LogP contribution in [0.1, 0.15) is 19.3 Å². The predicted octanol–water partition coefficient (Wildman–Crippen LogP) is 2.42. The Hall–Kier alpha value is -1.26. The lowest BCUT2D eigenvalue weighted by molar-refractivity contribution is -0.116. The second kappa shape index (κ2) is 7.14. The Morgan fingerprint density at radius 3 is 2.88 bits per heavy atom. The maximum Gasteiger partial charge on any atom is 0.224 e. The molecule has 0 saturated carbocycles. The Labute approximate surface area is 106 Å². The van der Waals surface area contributed by atoms with Gasteiger partial charge in [-0.25, -0.2) is 0 Å². The summed E-state index contributed by atoms with van der Waals surface area (Å²) >= 11 is 5.97. The molecular formula is C12H17ClN2O2. The summed E-state index contributed by atoms with van der Waals surface area (Å²) in [6.45, 7) is 0.604. The molecule has 1 aromatic rings. The minimum atomic E-state index is -0.0615. The van der Waals surface area contributed by atoms with Crippen molar-refractivity contribution in [1.29, 1.82) is 0 Å². The van der Waals surface area contributed by atoms with E-state index in [0.29, 0.717) is 29.4 Å².